The van der Waals surface area contributed by atoms with Crippen LogP contribution in [-0.4, -0.2) is 30.4 Å². The molecule has 0 unspecified atom stereocenters. The Morgan fingerprint density at radius 1 is 1.35 bits per heavy atom. The lowest BCUT2D eigenvalue weighted by Gasteiger charge is -2.18. The molecule has 26 heavy (non-hydrogen) atoms. The van der Waals surface area contributed by atoms with Crippen molar-refractivity contribution in [1.29, 1.82) is 0 Å². The lowest BCUT2D eigenvalue weighted by molar-refractivity contribution is -0.121. The van der Waals surface area contributed by atoms with Gasteiger partial charge < -0.3 is 15.2 Å². The zero-order valence-electron chi connectivity index (χ0n) is 14.9. The molecular formula is C19H22ClN3O3. The Labute approximate surface area is 157 Å². The number of halogens is 1. The third kappa shape index (κ3) is 5.13. The molecule has 6 nitrogen and oxygen atoms in total. The smallest absolute Gasteiger partial charge is 0.262 e. The topological polar surface area (TPSA) is 83.0 Å². The quantitative estimate of drug-likeness (QED) is 0.509. The Hall–Kier alpha value is -2.73. The Balaban J connectivity index is 2.03. The molecule has 0 radical (unpaired) electrons. The molecule has 0 bridgehead atoms. The van der Waals surface area contributed by atoms with Crippen LogP contribution in [-0.2, 0) is 4.79 Å². The minimum absolute atomic E-state index is 0.0470. The number of hydrogen-bond acceptors (Lipinski definition) is 5. The molecule has 2 aromatic carbocycles. The van der Waals surface area contributed by atoms with E-state index in [-0.39, 0.29) is 11.7 Å². The molecule has 2 aromatic rings. The Morgan fingerprint density at radius 3 is 2.77 bits per heavy atom. The highest BCUT2D eigenvalue weighted by Crippen LogP contribution is 2.22. The van der Waals surface area contributed by atoms with Crippen molar-refractivity contribution in [3.8, 4) is 11.5 Å². The van der Waals surface area contributed by atoms with Crippen molar-refractivity contribution in [3.05, 3.63) is 52.5 Å². The van der Waals surface area contributed by atoms with Gasteiger partial charge in [0.1, 0.15) is 17.5 Å². The van der Waals surface area contributed by atoms with Gasteiger partial charge in [-0.1, -0.05) is 18.5 Å². The third-order valence-corrected chi connectivity index (χ3v) is 4.09. The van der Waals surface area contributed by atoms with Crippen molar-refractivity contribution < 1.29 is 14.6 Å². The first-order valence-electron chi connectivity index (χ1n) is 8.17. The number of phenols is 1. The highest BCUT2D eigenvalue weighted by Gasteiger charge is 2.16. The number of aryl methyl sites for hydroxylation is 1. The number of hydrazone groups is 1. The van der Waals surface area contributed by atoms with Crippen LogP contribution in [0.3, 0.4) is 0 Å². The van der Waals surface area contributed by atoms with E-state index in [4.69, 9.17) is 16.3 Å². The molecule has 0 saturated carbocycles. The summed E-state index contributed by atoms with van der Waals surface area (Å²) in [6, 6.07) is 9.75. The number of methoxy groups -OCH3 is 1. The standard InChI is InChI=1S/C19H22ClN3O3/c1-4-16(22-17-7-5-14(20)9-12(17)2)19(25)23-21-11-13-10-15(26-3)6-8-18(13)24/h5-11,16,22,24H,4H2,1-3H3,(H,23,25)/b21-11-/t16-/m0/s1. The number of rotatable bonds is 7. The first-order valence-corrected chi connectivity index (χ1v) is 8.55. The molecule has 138 valence electrons. The molecule has 7 heteroatoms. The van der Waals surface area contributed by atoms with Crippen molar-refractivity contribution in [1.82, 2.24) is 5.43 Å². The average Bonchev–Trinajstić information content (AvgIpc) is 2.62. The van der Waals surface area contributed by atoms with Gasteiger partial charge >= 0.3 is 0 Å². The molecule has 2 rings (SSSR count). The number of anilines is 1. The van der Waals surface area contributed by atoms with Gasteiger partial charge in [0.15, 0.2) is 0 Å². The van der Waals surface area contributed by atoms with Gasteiger partial charge in [-0.05, 0) is 55.3 Å². The zero-order valence-corrected chi connectivity index (χ0v) is 15.7. The summed E-state index contributed by atoms with van der Waals surface area (Å²) >= 11 is 5.96. The van der Waals surface area contributed by atoms with Gasteiger partial charge in [-0.2, -0.15) is 5.10 Å². The Morgan fingerprint density at radius 2 is 2.12 bits per heavy atom. The van der Waals surface area contributed by atoms with E-state index >= 15 is 0 Å². The van der Waals surface area contributed by atoms with Crippen molar-refractivity contribution in [2.45, 2.75) is 26.3 Å². The molecule has 0 aliphatic heterocycles. The first-order chi connectivity index (χ1) is 12.4. The Kier molecular flexibility index (Phi) is 6.86. The maximum absolute atomic E-state index is 12.4. The van der Waals surface area contributed by atoms with Gasteiger partial charge in [-0.25, -0.2) is 5.43 Å². The van der Waals surface area contributed by atoms with E-state index in [9.17, 15) is 9.90 Å². The third-order valence-electron chi connectivity index (χ3n) is 3.86. The highest BCUT2D eigenvalue weighted by atomic mass is 35.5. The number of benzene rings is 2. The molecule has 0 saturated heterocycles. The highest BCUT2D eigenvalue weighted by molar-refractivity contribution is 6.30. The summed E-state index contributed by atoms with van der Waals surface area (Å²) in [6.07, 6.45) is 1.95. The summed E-state index contributed by atoms with van der Waals surface area (Å²) < 4.78 is 5.10. The van der Waals surface area contributed by atoms with E-state index in [0.717, 1.165) is 11.3 Å². The largest absolute Gasteiger partial charge is 0.507 e. The number of nitrogens with zero attached hydrogens (tertiary/aromatic N) is 1. The van der Waals surface area contributed by atoms with Gasteiger partial charge in [0.2, 0.25) is 0 Å². The molecule has 0 fully saturated rings. The minimum Gasteiger partial charge on any atom is -0.507 e. The van der Waals surface area contributed by atoms with Crippen molar-refractivity contribution in [2.24, 2.45) is 5.10 Å². The normalized spacial score (nSPS) is 12.0. The fraction of sp³-hybridized carbons (Fsp3) is 0.263. The summed E-state index contributed by atoms with van der Waals surface area (Å²) in [5.74, 6) is 0.355. The number of hydrogen-bond donors (Lipinski definition) is 3. The van der Waals surface area contributed by atoms with E-state index in [1.54, 1.807) is 18.2 Å². The summed E-state index contributed by atoms with van der Waals surface area (Å²) in [4.78, 5) is 12.4. The van der Waals surface area contributed by atoms with Crippen LogP contribution in [0.2, 0.25) is 5.02 Å². The molecule has 1 amide bonds. The van der Waals surface area contributed by atoms with Gasteiger partial charge in [0.25, 0.3) is 5.91 Å². The molecule has 0 aliphatic rings. The van der Waals surface area contributed by atoms with Crippen LogP contribution in [0.1, 0.15) is 24.5 Å². The second kappa shape index (κ2) is 9.10. The van der Waals surface area contributed by atoms with Gasteiger partial charge in [0.05, 0.1) is 13.3 Å². The van der Waals surface area contributed by atoms with Gasteiger partial charge in [-0.3, -0.25) is 4.79 Å². The van der Waals surface area contributed by atoms with Crippen LogP contribution >= 0.6 is 11.6 Å². The van der Waals surface area contributed by atoms with Crippen LogP contribution in [0.4, 0.5) is 5.69 Å². The maximum Gasteiger partial charge on any atom is 0.262 e. The van der Waals surface area contributed by atoms with Crippen LogP contribution < -0.4 is 15.5 Å². The molecule has 0 heterocycles. The summed E-state index contributed by atoms with van der Waals surface area (Å²) in [5, 5.41) is 17.6. The van der Waals surface area contributed by atoms with E-state index in [0.29, 0.717) is 22.8 Å². The number of amides is 1. The number of ether oxygens (including phenoxy) is 1. The molecule has 0 aliphatic carbocycles. The SMILES string of the molecule is CC[C@H](Nc1ccc(Cl)cc1C)C(=O)N/N=C\c1cc(OC)ccc1O. The van der Waals surface area contributed by atoms with E-state index in [1.165, 1.54) is 19.4 Å². The van der Waals surface area contributed by atoms with Gasteiger partial charge in [0, 0.05) is 16.3 Å². The summed E-state index contributed by atoms with van der Waals surface area (Å²) in [5.41, 5.74) is 4.72. The first kappa shape index (κ1) is 19.6. The predicted molar refractivity (Wildman–Crippen MR) is 104 cm³/mol. The molecule has 0 aromatic heterocycles. The van der Waals surface area contributed by atoms with Crippen LogP contribution in [0.5, 0.6) is 11.5 Å². The lowest BCUT2D eigenvalue weighted by Crippen LogP contribution is -2.37. The molecular weight excluding hydrogens is 354 g/mol. The van der Waals surface area contributed by atoms with Crippen molar-refractivity contribution >= 4 is 29.4 Å². The fourth-order valence-electron chi connectivity index (χ4n) is 2.34. The number of aromatic hydroxyl groups is 1. The zero-order chi connectivity index (χ0) is 19.1. The molecule has 1 atom stereocenters. The Bertz CT molecular complexity index is 809. The second-order valence-electron chi connectivity index (χ2n) is 5.72. The number of carbonyl (C=O) groups is 1. The van der Waals surface area contributed by atoms with Crippen molar-refractivity contribution in [2.75, 3.05) is 12.4 Å². The van der Waals surface area contributed by atoms with E-state index in [2.05, 4.69) is 15.8 Å². The van der Waals surface area contributed by atoms with Crippen LogP contribution in [0, 0.1) is 6.92 Å². The number of nitrogens with one attached hydrogen (secondary N) is 2. The molecule has 3 N–H and O–H groups in total. The summed E-state index contributed by atoms with van der Waals surface area (Å²) in [6.45, 7) is 3.82. The lowest BCUT2D eigenvalue weighted by atomic mass is 10.1. The number of phenolic OH excluding ortho intramolecular Hbond substituents is 1. The summed E-state index contributed by atoms with van der Waals surface area (Å²) in [7, 11) is 1.53. The van der Waals surface area contributed by atoms with E-state index in [1.807, 2.05) is 26.0 Å². The predicted octanol–water partition coefficient (Wildman–Crippen LogP) is 3.70. The van der Waals surface area contributed by atoms with Crippen LogP contribution in [0.15, 0.2) is 41.5 Å². The number of carbonyl (C=O) groups excluding carboxylic acids is 1. The maximum atomic E-state index is 12.4. The average molecular weight is 376 g/mol. The van der Waals surface area contributed by atoms with Crippen molar-refractivity contribution in [3.63, 3.8) is 0 Å². The second-order valence-corrected chi connectivity index (χ2v) is 6.16. The van der Waals surface area contributed by atoms with E-state index < -0.39 is 6.04 Å². The monoisotopic (exact) mass is 375 g/mol. The fourth-order valence-corrected chi connectivity index (χ4v) is 2.56. The van der Waals surface area contributed by atoms with Gasteiger partial charge in [-0.15, -0.1) is 0 Å². The molecule has 0 spiro atoms. The minimum atomic E-state index is -0.453. The van der Waals surface area contributed by atoms with Crippen LogP contribution in [0.25, 0.3) is 0 Å².